The smallest absolute Gasteiger partial charge is 0.121 e. The van der Waals surface area contributed by atoms with Gasteiger partial charge < -0.3 is 9.13 Å². The van der Waals surface area contributed by atoms with Gasteiger partial charge in [-0.25, -0.2) is 0 Å². The lowest BCUT2D eigenvalue weighted by molar-refractivity contribution is 0.615. The van der Waals surface area contributed by atoms with E-state index in [4.69, 9.17) is 0 Å². The minimum absolute atomic E-state index is 0.187. The van der Waals surface area contributed by atoms with E-state index in [9.17, 15) is 0 Å². The molecule has 2 aliphatic carbocycles. The first kappa shape index (κ1) is 19.4. The Balaban J connectivity index is 1.51. The summed E-state index contributed by atoms with van der Waals surface area (Å²) in [6, 6.07) is 26.5. The van der Waals surface area contributed by atoms with Crippen molar-refractivity contribution >= 4 is 67.1 Å². The second-order valence-electron chi connectivity index (χ2n) is 9.02. The van der Waals surface area contributed by atoms with Gasteiger partial charge in [0.15, 0.2) is 0 Å². The average Bonchev–Trinajstić information content (AvgIpc) is 3.38. The molecule has 1 atom stereocenters. The van der Waals surface area contributed by atoms with E-state index in [1.807, 2.05) is 0 Å². The zero-order valence-electron chi connectivity index (χ0n) is 18.2. The number of alkyl halides is 1. The number of hydrogen-bond donors (Lipinski definition) is 0. The molecule has 0 saturated heterocycles. The highest BCUT2D eigenvalue weighted by Crippen LogP contribution is 2.45. The van der Waals surface area contributed by atoms with Gasteiger partial charge >= 0.3 is 0 Å². The predicted octanol–water partition coefficient (Wildman–Crippen LogP) is 8.30. The monoisotopic (exact) mass is 538 g/mol. The van der Waals surface area contributed by atoms with Crippen molar-refractivity contribution in [1.82, 2.24) is 9.13 Å². The van der Waals surface area contributed by atoms with Crippen LogP contribution in [0.5, 0.6) is 0 Å². The number of para-hydroxylation sites is 3. The van der Waals surface area contributed by atoms with Gasteiger partial charge in [-0.3, -0.25) is 0 Å². The molecule has 2 nitrogen and oxygen atoms in total. The van der Waals surface area contributed by atoms with Crippen LogP contribution >= 0.6 is 22.6 Å². The van der Waals surface area contributed by atoms with E-state index in [2.05, 4.69) is 135 Å². The van der Waals surface area contributed by atoms with Crippen LogP contribution in [-0.4, -0.2) is 9.13 Å². The van der Waals surface area contributed by atoms with Crippen molar-refractivity contribution in [1.29, 1.82) is 0 Å². The summed E-state index contributed by atoms with van der Waals surface area (Å²) in [6.45, 7) is 0. The zero-order chi connectivity index (χ0) is 22.0. The minimum Gasteiger partial charge on any atom is -0.321 e. The van der Waals surface area contributed by atoms with Gasteiger partial charge in [0.1, 0.15) is 3.55 Å². The van der Waals surface area contributed by atoms with Gasteiger partial charge in [0, 0.05) is 39.5 Å². The van der Waals surface area contributed by atoms with Crippen molar-refractivity contribution in [2.45, 2.75) is 22.8 Å². The fourth-order valence-corrected chi connectivity index (χ4v) is 6.86. The van der Waals surface area contributed by atoms with E-state index in [-0.39, 0.29) is 3.55 Å². The molecule has 0 bridgehead atoms. The van der Waals surface area contributed by atoms with Crippen molar-refractivity contribution in [2.75, 3.05) is 0 Å². The number of aromatic nitrogens is 2. The molecule has 3 aromatic carbocycles. The Labute approximate surface area is 206 Å². The number of hydrogen-bond acceptors (Lipinski definition) is 0. The van der Waals surface area contributed by atoms with Crippen LogP contribution in [0.25, 0.3) is 44.5 Å². The molecule has 0 saturated carbocycles. The van der Waals surface area contributed by atoms with Crippen molar-refractivity contribution < 1.29 is 0 Å². The molecule has 0 spiro atoms. The average molecular weight is 538 g/mol. The third-order valence-electron chi connectivity index (χ3n) is 7.12. The normalized spacial score (nSPS) is 20.0. The number of benzene rings is 3. The Hall–Kier alpha value is -3.05. The highest BCUT2D eigenvalue weighted by atomic mass is 127. The number of allylic oxidation sites excluding steroid dienone is 5. The Morgan fingerprint density at radius 3 is 2.06 bits per heavy atom. The quantitative estimate of drug-likeness (QED) is 0.158. The maximum atomic E-state index is 2.68. The Bertz CT molecular complexity index is 1610. The SMILES string of the molecule is IC1(n2c3ccccc3c3ccccc32)C=C(n2c3c(c4ccccc42)C=CCC3)C=CC1. The van der Waals surface area contributed by atoms with E-state index in [0.29, 0.717) is 0 Å². The van der Waals surface area contributed by atoms with Gasteiger partial charge in [0.05, 0.1) is 16.6 Å². The molecule has 0 fully saturated rings. The Morgan fingerprint density at radius 1 is 0.697 bits per heavy atom. The maximum absolute atomic E-state index is 2.68. The number of rotatable bonds is 2. The molecule has 0 amide bonds. The molecular weight excluding hydrogens is 515 g/mol. The summed E-state index contributed by atoms with van der Waals surface area (Å²) in [7, 11) is 0. The van der Waals surface area contributed by atoms with E-state index in [1.54, 1.807) is 0 Å². The summed E-state index contributed by atoms with van der Waals surface area (Å²) in [5.41, 5.74) is 7.96. The minimum atomic E-state index is -0.187. The fourth-order valence-electron chi connectivity index (χ4n) is 5.76. The van der Waals surface area contributed by atoms with E-state index in [1.165, 1.54) is 49.7 Å². The highest BCUT2D eigenvalue weighted by Gasteiger charge is 2.32. The van der Waals surface area contributed by atoms with E-state index < -0.39 is 0 Å². The van der Waals surface area contributed by atoms with Crippen molar-refractivity contribution in [3.05, 3.63) is 108 Å². The lowest BCUT2D eigenvalue weighted by Crippen LogP contribution is -2.26. The number of halogens is 1. The summed E-state index contributed by atoms with van der Waals surface area (Å²) in [5.74, 6) is 0. The van der Waals surface area contributed by atoms with Gasteiger partial charge in [-0.05, 0) is 65.8 Å². The van der Waals surface area contributed by atoms with Crippen molar-refractivity contribution in [3.63, 3.8) is 0 Å². The van der Waals surface area contributed by atoms with Crippen LogP contribution in [-0.2, 0) is 9.97 Å². The molecule has 0 radical (unpaired) electrons. The molecule has 2 heterocycles. The van der Waals surface area contributed by atoms with Crippen LogP contribution in [0.1, 0.15) is 24.1 Å². The first-order valence-corrected chi connectivity index (χ1v) is 12.7. The molecule has 2 aliphatic rings. The van der Waals surface area contributed by atoms with E-state index >= 15 is 0 Å². The van der Waals surface area contributed by atoms with Crippen LogP contribution in [0.4, 0.5) is 0 Å². The Morgan fingerprint density at radius 2 is 1.33 bits per heavy atom. The van der Waals surface area contributed by atoms with Gasteiger partial charge in [-0.15, -0.1) is 0 Å². The molecule has 1 unspecified atom stereocenters. The molecular formula is C30H23IN2. The van der Waals surface area contributed by atoms with Crippen LogP contribution in [0.2, 0.25) is 0 Å². The third-order valence-corrected chi connectivity index (χ3v) is 8.35. The highest BCUT2D eigenvalue weighted by molar-refractivity contribution is 14.1. The van der Waals surface area contributed by atoms with Crippen LogP contribution in [0.3, 0.4) is 0 Å². The number of fused-ring (bicyclic) bond motifs is 6. The summed E-state index contributed by atoms with van der Waals surface area (Å²) < 4.78 is 4.86. The third kappa shape index (κ3) is 2.78. The van der Waals surface area contributed by atoms with Crippen molar-refractivity contribution in [3.8, 4) is 0 Å². The summed E-state index contributed by atoms with van der Waals surface area (Å²) in [5, 5.41) is 3.99. The van der Waals surface area contributed by atoms with Gasteiger partial charge in [-0.1, -0.05) is 72.8 Å². The fraction of sp³-hybridized carbons (Fsp3) is 0.133. The van der Waals surface area contributed by atoms with Gasteiger partial charge in [0.25, 0.3) is 0 Å². The molecule has 7 rings (SSSR count). The molecule has 3 heteroatoms. The molecule has 0 aliphatic heterocycles. The summed E-state index contributed by atoms with van der Waals surface area (Å²) >= 11 is 2.68. The van der Waals surface area contributed by atoms with Crippen molar-refractivity contribution in [2.24, 2.45) is 0 Å². The number of nitrogens with zero attached hydrogens (tertiary/aromatic N) is 2. The van der Waals surface area contributed by atoms with Crippen LogP contribution in [0.15, 0.2) is 97.1 Å². The molecule has 5 aromatic rings. The molecule has 33 heavy (non-hydrogen) atoms. The maximum Gasteiger partial charge on any atom is 0.121 e. The lowest BCUT2D eigenvalue weighted by atomic mass is 10.0. The van der Waals surface area contributed by atoms with E-state index in [0.717, 1.165) is 19.3 Å². The zero-order valence-corrected chi connectivity index (χ0v) is 20.4. The molecule has 160 valence electrons. The predicted molar refractivity (Wildman–Crippen MR) is 149 cm³/mol. The standard InChI is InChI=1S/C30H23IN2/c31-30(33-28-17-7-3-13-24(28)25-14-4-8-18-29(25)33)19-9-10-21(20-30)32-26-15-5-1-11-22(26)23-12-2-6-16-27(23)32/h1-5,7-15,17-18,20H,6,16,19H2. The molecule has 2 aromatic heterocycles. The largest absolute Gasteiger partial charge is 0.321 e. The Kier molecular flexibility index (Phi) is 4.25. The lowest BCUT2D eigenvalue weighted by Gasteiger charge is -2.31. The van der Waals surface area contributed by atoms with Crippen LogP contribution in [0, 0.1) is 0 Å². The van der Waals surface area contributed by atoms with Gasteiger partial charge in [0.2, 0.25) is 0 Å². The first-order chi connectivity index (χ1) is 16.2. The second-order valence-corrected chi connectivity index (χ2v) is 10.9. The second kappa shape index (κ2) is 7.22. The van der Waals surface area contributed by atoms with Crippen LogP contribution < -0.4 is 0 Å². The molecule has 0 N–H and O–H groups in total. The summed E-state index contributed by atoms with van der Waals surface area (Å²) in [6.07, 6.45) is 14.9. The topological polar surface area (TPSA) is 9.86 Å². The summed E-state index contributed by atoms with van der Waals surface area (Å²) in [4.78, 5) is 0. The first-order valence-electron chi connectivity index (χ1n) is 11.6. The van der Waals surface area contributed by atoms with Gasteiger partial charge in [-0.2, -0.15) is 0 Å².